The maximum absolute atomic E-state index is 13.0. The summed E-state index contributed by atoms with van der Waals surface area (Å²) in [5, 5.41) is 0. The van der Waals surface area contributed by atoms with Gasteiger partial charge >= 0.3 is 0 Å². The summed E-state index contributed by atoms with van der Waals surface area (Å²) >= 11 is 0. The molecule has 26 heavy (non-hydrogen) atoms. The van der Waals surface area contributed by atoms with Crippen LogP contribution in [-0.2, 0) is 14.8 Å². The normalized spacial score (nSPS) is 22.0. The molecule has 0 saturated carbocycles. The minimum Gasteiger partial charge on any atom is -0.497 e. The summed E-state index contributed by atoms with van der Waals surface area (Å²) in [7, 11) is -2.14. The predicted molar refractivity (Wildman–Crippen MR) is 99.5 cm³/mol. The average molecular weight is 373 g/mol. The van der Waals surface area contributed by atoms with E-state index in [9.17, 15) is 13.2 Å². The van der Waals surface area contributed by atoms with Crippen molar-refractivity contribution in [2.75, 3.05) is 7.11 Å². The molecule has 3 rings (SSSR count). The Kier molecular flexibility index (Phi) is 5.44. The van der Waals surface area contributed by atoms with Crippen molar-refractivity contribution in [2.45, 2.75) is 43.2 Å². The molecule has 1 aliphatic heterocycles. The molecule has 3 atom stereocenters. The maximum Gasteiger partial charge on any atom is 0.244 e. The number of sulfonamides is 1. The lowest BCUT2D eigenvalue weighted by Gasteiger charge is -2.07. The van der Waals surface area contributed by atoms with Crippen LogP contribution in [-0.4, -0.2) is 31.7 Å². The number of rotatable bonds is 8. The van der Waals surface area contributed by atoms with Crippen LogP contribution < -0.4 is 4.74 Å². The number of benzene rings is 2. The number of carbonyl (C=O) groups excluding carboxylic acids is 1. The second kappa shape index (κ2) is 7.60. The van der Waals surface area contributed by atoms with Crippen molar-refractivity contribution in [2.24, 2.45) is 0 Å². The zero-order valence-corrected chi connectivity index (χ0v) is 15.8. The Balaban J connectivity index is 1.93. The van der Waals surface area contributed by atoms with Gasteiger partial charge < -0.3 is 4.74 Å². The highest BCUT2D eigenvalue weighted by Gasteiger charge is 2.59. The van der Waals surface area contributed by atoms with Crippen LogP contribution in [0.2, 0.25) is 0 Å². The molecule has 0 amide bonds. The van der Waals surface area contributed by atoms with E-state index >= 15 is 0 Å². The van der Waals surface area contributed by atoms with Crippen LogP contribution in [0.5, 0.6) is 5.75 Å². The predicted octanol–water partition coefficient (Wildman–Crippen LogP) is 3.57. The molecule has 0 N–H and O–H groups in total. The van der Waals surface area contributed by atoms with Crippen LogP contribution in [0.1, 0.15) is 37.8 Å². The van der Waals surface area contributed by atoms with E-state index in [1.54, 1.807) is 49.6 Å². The molecule has 6 heteroatoms. The van der Waals surface area contributed by atoms with Gasteiger partial charge in [0.05, 0.1) is 18.0 Å². The second-order valence-corrected chi connectivity index (χ2v) is 8.22. The van der Waals surface area contributed by atoms with E-state index in [1.165, 1.54) is 4.31 Å². The first-order valence-corrected chi connectivity index (χ1v) is 10.2. The zero-order chi connectivity index (χ0) is 18.7. The largest absolute Gasteiger partial charge is 0.497 e. The molecule has 1 aliphatic rings. The highest BCUT2D eigenvalue weighted by Crippen LogP contribution is 2.48. The van der Waals surface area contributed by atoms with Gasteiger partial charge in [-0.2, -0.15) is 4.31 Å². The van der Waals surface area contributed by atoms with E-state index in [4.69, 9.17) is 4.74 Å². The SMILES string of the molecule is CCCCC(=O)[C@H]1[C@@H](c2ccc(OC)cc2)N1S(=O)(=O)c1ccccc1. The van der Waals surface area contributed by atoms with Crippen molar-refractivity contribution in [1.29, 1.82) is 0 Å². The molecule has 1 heterocycles. The molecular weight excluding hydrogens is 350 g/mol. The Morgan fingerprint density at radius 1 is 1.08 bits per heavy atom. The van der Waals surface area contributed by atoms with Gasteiger partial charge in [-0.05, 0) is 36.2 Å². The van der Waals surface area contributed by atoms with Gasteiger partial charge in [0.15, 0.2) is 5.78 Å². The third-order valence-corrected chi connectivity index (χ3v) is 6.52. The molecule has 5 nitrogen and oxygen atoms in total. The fourth-order valence-electron chi connectivity index (χ4n) is 3.17. The number of ketones is 1. The fourth-order valence-corrected chi connectivity index (χ4v) is 4.93. The van der Waals surface area contributed by atoms with Crippen LogP contribution >= 0.6 is 0 Å². The van der Waals surface area contributed by atoms with E-state index in [0.717, 1.165) is 18.4 Å². The molecule has 0 aliphatic carbocycles. The summed E-state index contributed by atoms with van der Waals surface area (Å²) in [5.74, 6) is 0.674. The van der Waals surface area contributed by atoms with Gasteiger partial charge in [0.2, 0.25) is 10.0 Å². The lowest BCUT2D eigenvalue weighted by atomic mass is 10.0. The molecule has 0 bridgehead atoms. The molecule has 1 unspecified atom stereocenters. The monoisotopic (exact) mass is 373 g/mol. The maximum atomic E-state index is 13.0. The quantitative estimate of drug-likeness (QED) is 0.664. The summed E-state index contributed by atoms with van der Waals surface area (Å²) in [6, 6.07) is 14.4. The average Bonchev–Trinajstić information content (AvgIpc) is 3.43. The van der Waals surface area contributed by atoms with Crippen LogP contribution in [0, 0.1) is 0 Å². The van der Waals surface area contributed by atoms with Gasteiger partial charge in [-0.3, -0.25) is 4.79 Å². The summed E-state index contributed by atoms with van der Waals surface area (Å²) < 4.78 is 32.6. The van der Waals surface area contributed by atoms with Crippen molar-refractivity contribution < 1.29 is 17.9 Å². The number of nitrogens with zero attached hydrogens (tertiary/aromatic N) is 1. The van der Waals surface area contributed by atoms with Crippen molar-refractivity contribution in [1.82, 2.24) is 4.31 Å². The van der Waals surface area contributed by atoms with Crippen molar-refractivity contribution in [3.8, 4) is 5.75 Å². The topological polar surface area (TPSA) is 63.5 Å². The number of unbranched alkanes of at least 4 members (excludes halogenated alkanes) is 1. The molecule has 0 spiro atoms. The fraction of sp³-hybridized carbons (Fsp3) is 0.350. The van der Waals surface area contributed by atoms with E-state index in [2.05, 4.69) is 0 Å². The third kappa shape index (κ3) is 3.52. The summed E-state index contributed by atoms with van der Waals surface area (Å²) in [6.07, 6.45) is 2.07. The van der Waals surface area contributed by atoms with Crippen LogP contribution in [0.15, 0.2) is 59.5 Å². The molecule has 2 aromatic carbocycles. The number of hydrogen-bond acceptors (Lipinski definition) is 4. The van der Waals surface area contributed by atoms with Crippen LogP contribution in [0.25, 0.3) is 0 Å². The van der Waals surface area contributed by atoms with Crippen LogP contribution in [0.3, 0.4) is 0 Å². The second-order valence-electron chi connectivity index (χ2n) is 6.38. The number of methoxy groups -OCH3 is 1. The molecule has 1 saturated heterocycles. The smallest absolute Gasteiger partial charge is 0.244 e. The van der Waals surface area contributed by atoms with E-state index in [-0.39, 0.29) is 10.7 Å². The number of Topliss-reactive ketones (excluding diaryl/α,β-unsaturated/α-hetero) is 1. The van der Waals surface area contributed by atoms with Gasteiger partial charge in [0.25, 0.3) is 0 Å². The summed E-state index contributed by atoms with van der Waals surface area (Å²) in [5.41, 5.74) is 0.806. The Morgan fingerprint density at radius 2 is 1.73 bits per heavy atom. The van der Waals surface area contributed by atoms with E-state index in [1.807, 2.05) is 19.1 Å². The zero-order valence-electron chi connectivity index (χ0n) is 15.0. The standard InChI is InChI=1S/C20H23NO4S/c1-3-4-10-18(22)20-19(15-11-13-16(25-2)14-12-15)21(20)26(23,24)17-8-6-5-7-9-17/h5-9,11-14,19-20H,3-4,10H2,1-2H3/t19-,20+,21?/m1/s1. The molecular formula is C20H23NO4S. The van der Waals surface area contributed by atoms with Crippen LogP contribution in [0.4, 0.5) is 0 Å². The number of ether oxygens (including phenoxy) is 1. The Bertz CT molecular complexity index is 862. The first-order chi connectivity index (χ1) is 12.5. The molecule has 0 radical (unpaired) electrons. The molecule has 138 valence electrons. The Morgan fingerprint density at radius 3 is 2.31 bits per heavy atom. The summed E-state index contributed by atoms with van der Waals surface area (Å²) in [6.45, 7) is 2.01. The van der Waals surface area contributed by atoms with E-state index < -0.39 is 22.1 Å². The minimum atomic E-state index is -3.72. The highest BCUT2D eigenvalue weighted by molar-refractivity contribution is 7.89. The van der Waals surface area contributed by atoms with Crippen molar-refractivity contribution >= 4 is 15.8 Å². The van der Waals surface area contributed by atoms with Gasteiger partial charge in [0, 0.05) is 6.42 Å². The van der Waals surface area contributed by atoms with Gasteiger partial charge in [-0.1, -0.05) is 43.7 Å². The summed E-state index contributed by atoms with van der Waals surface area (Å²) in [4.78, 5) is 12.8. The van der Waals surface area contributed by atoms with E-state index in [0.29, 0.717) is 12.2 Å². The van der Waals surface area contributed by atoms with Gasteiger partial charge in [-0.15, -0.1) is 0 Å². The molecule has 1 fully saturated rings. The first-order valence-electron chi connectivity index (χ1n) is 8.76. The molecule has 0 aromatic heterocycles. The Hall–Kier alpha value is -2.18. The Labute approximate surface area is 154 Å². The lowest BCUT2D eigenvalue weighted by molar-refractivity contribution is -0.119. The first kappa shape index (κ1) is 18.6. The highest BCUT2D eigenvalue weighted by atomic mass is 32.2. The molecule has 2 aromatic rings. The third-order valence-electron chi connectivity index (χ3n) is 4.64. The lowest BCUT2D eigenvalue weighted by Crippen LogP contribution is -2.19. The number of carbonyl (C=O) groups is 1. The number of hydrogen-bond donors (Lipinski definition) is 0. The minimum absolute atomic E-state index is 0.0211. The van der Waals surface area contributed by atoms with Gasteiger partial charge in [-0.25, -0.2) is 8.42 Å². The van der Waals surface area contributed by atoms with Crippen molar-refractivity contribution in [3.63, 3.8) is 0 Å². The van der Waals surface area contributed by atoms with Crippen molar-refractivity contribution in [3.05, 3.63) is 60.2 Å². The van der Waals surface area contributed by atoms with Gasteiger partial charge in [0.1, 0.15) is 11.8 Å².